The monoisotopic (exact) mass is 1230 g/mol. The van der Waals surface area contributed by atoms with Crippen LogP contribution < -0.4 is 19.6 Å². The molecule has 1 aliphatic carbocycles. The SMILES string of the molecule is CCCCCCCCCCCCCCCC(=O)OC[C@H](COP(=O)(O)OCCNS(=O)(=O)c1ccc(-c2c3ccc(=[N+](CC)CC)cc-3oc3cc(N(CC)CC)ccc23)c(S(=O)(=O)[O-])c1)OC(=O)CCCCCCCCCCCCCCC. The Morgan fingerprint density at radius 1 is 0.631 bits per heavy atom. The van der Waals surface area contributed by atoms with Crippen LogP contribution in [0.1, 0.15) is 221 Å². The predicted octanol–water partition coefficient (Wildman–Crippen LogP) is 14.6. The second kappa shape index (κ2) is 39.6. The first-order valence-electron chi connectivity index (χ1n) is 31.8. The van der Waals surface area contributed by atoms with E-state index in [1.807, 2.05) is 52.0 Å². The van der Waals surface area contributed by atoms with Gasteiger partial charge >= 0.3 is 19.8 Å². The lowest BCUT2D eigenvalue weighted by molar-refractivity contribution is -0.161. The van der Waals surface area contributed by atoms with E-state index < -0.39 is 82.2 Å². The molecule has 20 heteroatoms. The van der Waals surface area contributed by atoms with Gasteiger partial charge in [0.15, 0.2) is 6.10 Å². The van der Waals surface area contributed by atoms with Crippen molar-refractivity contribution in [2.45, 2.75) is 237 Å². The maximum Gasteiger partial charge on any atom is 0.472 e. The molecule has 84 heavy (non-hydrogen) atoms. The minimum Gasteiger partial charge on any atom is -0.744 e. The van der Waals surface area contributed by atoms with Gasteiger partial charge in [0, 0.05) is 72.4 Å². The Morgan fingerprint density at radius 3 is 1.65 bits per heavy atom. The summed E-state index contributed by atoms with van der Waals surface area (Å²) in [6, 6.07) is 14.3. The summed E-state index contributed by atoms with van der Waals surface area (Å²) in [5.74, 6) is -0.641. The summed E-state index contributed by atoms with van der Waals surface area (Å²) in [7, 11) is -14.8. The Labute approximate surface area is 503 Å². The summed E-state index contributed by atoms with van der Waals surface area (Å²) in [5.41, 5.74) is 2.11. The van der Waals surface area contributed by atoms with Gasteiger partial charge in [-0.15, -0.1) is 0 Å². The standard InChI is InChI=1S/C64H102N3O14PS2/c1-7-13-15-17-19-21-23-25-27-29-31-33-35-37-62(68)77-50-54(80-63(69)38-36-34-32-30-28-26-24-22-20-18-16-14-8-2)51-79-82(70,71)78-46-45-65-83(72,73)55-41-44-58(61(49-55)84(74,75)76)64-56-42-39-52(66(9-3)10-4)47-59(56)81-60-48-53(40-43-57(60)64)67(11-5)12-6/h39-44,47-49,54,65H,7-38,45-46,50-51H2,1-6H3,(H-,70,71,74,75,76)/t54-/m1/s1. The minimum absolute atomic E-state index is 0.0317. The van der Waals surface area contributed by atoms with Crippen molar-refractivity contribution in [3.8, 4) is 22.5 Å². The van der Waals surface area contributed by atoms with Crippen LogP contribution >= 0.6 is 7.82 Å². The van der Waals surface area contributed by atoms with Gasteiger partial charge in [0.25, 0.3) is 0 Å². The third-order valence-corrected chi connectivity index (χ3v) is 18.8. The van der Waals surface area contributed by atoms with Gasteiger partial charge in [-0.1, -0.05) is 174 Å². The molecule has 0 saturated heterocycles. The van der Waals surface area contributed by atoms with E-state index in [0.29, 0.717) is 66.9 Å². The second-order valence-electron chi connectivity index (χ2n) is 22.1. The third-order valence-electron chi connectivity index (χ3n) is 15.5. The highest BCUT2D eigenvalue weighted by Gasteiger charge is 2.28. The number of phosphoric acid groups is 1. The number of carbonyl (C=O) groups is 2. The number of ether oxygens (including phenoxy) is 2. The molecule has 0 saturated carbocycles. The predicted molar refractivity (Wildman–Crippen MR) is 335 cm³/mol. The first kappa shape index (κ1) is 72.3. The van der Waals surface area contributed by atoms with Gasteiger partial charge in [-0.2, -0.15) is 0 Å². The van der Waals surface area contributed by atoms with Crippen LogP contribution in [-0.2, 0) is 52.8 Å². The number of anilines is 1. The summed E-state index contributed by atoms with van der Waals surface area (Å²) in [6.07, 6.45) is 29.0. The molecule has 2 aromatic rings. The van der Waals surface area contributed by atoms with E-state index in [9.17, 15) is 40.4 Å². The van der Waals surface area contributed by atoms with Gasteiger partial charge in [-0.3, -0.25) is 18.6 Å². The van der Waals surface area contributed by atoms with Gasteiger partial charge in [-0.05, 0) is 70.9 Å². The zero-order valence-electron chi connectivity index (χ0n) is 51.6. The topological polar surface area (TPSA) is 231 Å². The summed E-state index contributed by atoms with van der Waals surface area (Å²) >= 11 is 0. The van der Waals surface area contributed by atoms with Crippen LogP contribution in [0.5, 0.6) is 0 Å². The Balaban J connectivity index is 1.38. The number of sulfonamides is 1. The minimum atomic E-state index is -5.32. The van der Waals surface area contributed by atoms with Crippen LogP contribution in [0, 0.1) is 0 Å². The highest BCUT2D eigenvalue weighted by Crippen LogP contribution is 2.45. The fourth-order valence-corrected chi connectivity index (χ4v) is 13.2. The van der Waals surface area contributed by atoms with E-state index in [-0.39, 0.29) is 18.4 Å². The maximum atomic E-state index is 13.7. The molecule has 0 bridgehead atoms. The molecule has 2 atom stereocenters. The molecular formula is C64H102N3O14PS2. The molecule has 2 aliphatic rings. The van der Waals surface area contributed by atoms with Crippen molar-refractivity contribution < 1.29 is 63.4 Å². The van der Waals surface area contributed by atoms with Gasteiger partial charge in [0.05, 0.1) is 29.1 Å². The molecule has 2 N–H and O–H groups in total. The number of hydrogen-bond acceptors (Lipinski definition) is 14. The van der Waals surface area contributed by atoms with Crippen molar-refractivity contribution in [2.24, 2.45) is 0 Å². The Hall–Kier alpha value is -4.20. The summed E-state index contributed by atoms with van der Waals surface area (Å²) in [5, 5.41) is 1.36. The lowest BCUT2D eigenvalue weighted by Gasteiger charge is -2.23. The van der Waals surface area contributed by atoms with Crippen LogP contribution in [0.25, 0.3) is 33.4 Å². The van der Waals surface area contributed by atoms with Crippen LogP contribution in [-0.4, -0.2) is 96.9 Å². The molecule has 474 valence electrons. The molecule has 0 amide bonds. The fourth-order valence-electron chi connectivity index (χ4n) is 10.6. The van der Waals surface area contributed by atoms with Crippen molar-refractivity contribution in [2.75, 3.05) is 57.4 Å². The van der Waals surface area contributed by atoms with Gasteiger partial charge in [-0.25, -0.2) is 30.7 Å². The zero-order valence-corrected chi connectivity index (χ0v) is 54.2. The van der Waals surface area contributed by atoms with E-state index >= 15 is 0 Å². The summed E-state index contributed by atoms with van der Waals surface area (Å²) < 4.78 is 112. The quantitative estimate of drug-likeness (QED) is 0.0105. The molecule has 0 fully saturated rings. The number of hydrogen-bond donors (Lipinski definition) is 2. The highest BCUT2D eigenvalue weighted by molar-refractivity contribution is 7.89. The Kier molecular flexibility index (Phi) is 34.0. The van der Waals surface area contributed by atoms with Crippen molar-refractivity contribution in [3.63, 3.8) is 0 Å². The third kappa shape index (κ3) is 26.0. The normalized spacial score (nSPS) is 13.1. The van der Waals surface area contributed by atoms with Crippen molar-refractivity contribution in [1.29, 1.82) is 0 Å². The van der Waals surface area contributed by atoms with Crippen molar-refractivity contribution in [3.05, 3.63) is 60.0 Å². The lowest BCUT2D eigenvalue weighted by atomic mass is 9.93. The number of esters is 2. The number of nitrogens with one attached hydrogen (secondary N) is 1. The molecular weight excluding hydrogens is 1130 g/mol. The number of fused-ring (bicyclic) bond motifs is 2. The maximum absolute atomic E-state index is 13.7. The molecule has 1 unspecified atom stereocenters. The second-order valence-corrected chi connectivity index (χ2v) is 26.6. The Morgan fingerprint density at radius 2 is 1.14 bits per heavy atom. The summed E-state index contributed by atoms with van der Waals surface area (Å²) in [6.45, 7) is 13.1. The molecule has 1 heterocycles. The van der Waals surface area contributed by atoms with Crippen LogP contribution in [0.3, 0.4) is 0 Å². The fraction of sp³-hybridized carbons (Fsp3) is 0.672. The number of unbranched alkanes of at least 4 members (excludes halogenated alkanes) is 24. The highest BCUT2D eigenvalue weighted by atomic mass is 32.2. The number of benzene rings is 3. The lowest BCUT2D eigenvalue weighted by Crippen LogP contribution is -2.30. The van der Waals surface area contributed by atoms with Gasteiger partial charge in [0.1, 0.15) is 41.2 Å². The average molecular weight is 1230 g/mol. The van der Waals surface area contributed by atoms with Crippen LogP contribution in [0.2, 0.25) is 0 Å². The molecule has 2 aromatic carbocycles. The van der Waals surface area contributed by atoms with Crippen molar-refractivity contribution >= 4 is 56.6 Å². The molecule has 0 radical (unpaired) electrons. The van der Waals surface area contributed by atoms with E-state index in [2.05, 4.69) is 28.0 Å². The Bertz CT molecular complexity index is 2890. The van der Waals surface area contributed by atoms with E-state index in [4.69, 9.17) is 22.9 Å². The van der Waals surface area contributed by atoms with Crippen molar-refractivity contribution in [1.82, 2.24) is 9.30 Å². The summed E-state index contributed by atoms with van der Waals surface area (Å²) in [4.78, 5) is 37.3. The number of carbonyl (C=O) groups excluding carboxylic acids is 2. The van der Waals surface area contributed by atoms with Crippen LogP contribution in [0.15, 0.2) is 68.8 Å². The largest absolute Gasteiger partial charge is 0.744 e. The van der Waals surface area contributed by atoms with Gasteiger partial charge in [0.2, 0.25) is 15.4 Å². The number of nitrogens with zero attached hydrogens (tertiary/aromatic N) is 2. The van der Waals surface area contributed by atoms with Gasteiger partial charge < -0.3 is 28.2 Å². The van der Waals surface area contributed by atoms with Crippen LogP contribution in [0.4, 0.5) is 5.69 Å². The number of rotatable bonds is 47. The van der Waals surface area contributed by atoms with E-state index in [0.717, 1.165) is 62.1 Å². The molecule has 4 rings (SSSR count). The van der Waals surface area contributed by atoms with E-state index in [1.54, 1.807) is 12.1 Å². The number of phosphoric ester groups is 1. The molecule has 1 aliphatic heterocycles. The molecule has 0 spiro atoms. The zero-order chi connectivity index (χ0) is 61.2. The molecule has 17 nitrogen and oxygen atoms in total. The molecule has 0 aromatic heterocycles. The first-order valence-corrected chi connectivity index (χ1v) is 36.2. The van der Waals surface area contributed by atoms with E-state index in [1.165, 1.54) is 121 Å². The first-order chi connectivity index (χ1) is 40.4. The average Bonchev–Trinajstić information content (AvgIpc) is 1.60. The smallest absolute Gasteiger partial charge is 0.472 e.